The minimum absolute atomic E-state index is 0.143. The molecule has 0 radical (unpaired) electrons. The van der Waals surface area contributed by atoms with Crippen molar-refractivity contribution >= 4 is 17.3 Å². The van der Waals surface area contributed by atoms with Gasteiger partial charge in [-0.3, -0.25) is 0 Å². The molecule has 0 fully saturated rings. The Kier molecular flexibility index (Phi) is 13.5. The number of carbonyl (C=O) groups excluding carboxylic acids is 1. The van der Waals surface area contributed by atoms with Crippen LogP contribution < -0.4 is 14.2 Å². The second-order valence-electron chi connectivity index (χ2n) is 9.72. The lowest BCUT2D eigenvalue weighted by Crippen LogP contribution is -2.08. The highest BCUT2D eigenvalue weighted by atomic mass is 16.5. The summed E-state index contributed by atoms with van der Waals surface area (Å²) in [5.74, 6) is 1.03. The summed E-state index contributed by atoms with van der Waals surface area (Å²) in [5.41, 5.74) is 1.27. The average Bonchev–Trinajstić information content (AvgIpc) is 2.97. The normalized spacial score (nSPS) is 11.1. The topological polar surface area (TPSA) is 89.7 Å². The maximum absolute atomic E-state index is 12.6. The number of esters is 1. The van der Waals surface area contributed by atoms with Crippen LogP contribution in [0.5, 0.6) is 23.0 Å². The molecule has 0 aliphatic carbocycles. The molecular formula is C33H42N2O5. The summed E-state index contributed by atoms with van der Waals surface area (Å²) in [6, 6.07) is 18.5. The van der Waals surface area contributed by atoms with Crippen molar-refractivity contribution in [1.82, 2.24) is 0 Å². The number of nitrogens with zero attached hydrogens (tertiary/aromatic N) is 2. The van der Waals surface area contributed by atoms with Crippen molar-refractivity contribution in [1.29, 1.82) is 0 Å². The number of hydrogen-bond acceptors (Lipinski definition) is 7. The molecule has 3 aromatic rings. The van der Waals surface area contributed by atoms with Gasteiger partial charge in [-0.25, -0.2) is 4.79 Å². The summed E-state index contributed by atoms with van der Waals surface area (Å²) < 4.78 is 16.7. The first-order valence-corrected chi connectivity index (χ1v) is 14.5. The van der Waals surface area contributed by atoms with E-state index in [1.165, 1.54) is 63.9 Å². The molecule has 7 nitrogen and oxygen atoms in total. The highest BCUT2D eigenvalue weighted by Gasteiger charge is 2.11. The minimum Gasteiger partial charge on any atom is -0.505 e. The third-order valence-corrected chi connectivity index (χ3v) is 6.43. The first-order valence-electron chi connectivity index (χ1n) is 14.5. The molecule has 0 unspecified atom stereocenters. The number of aromatic hydroxyl groups is 1. The molecule has 0 saturated carbocycles. The van der Waals surface area contributed by atoms with Crippen LogP contribution in [0.2, 0.25) is 0 Å². The molecule has 214 valence electrons. The molecular weight excluding hydrogens is 504 g/mol. The number of benzene rings is 3. The monoisotopic (exact) mass is 546 g/mol. The van der Waals surface area contributed by atoms with E-state index in [2.05, 4.69) is 17.2 Å². The van der Waals surface area contributed by atoms with E-state index in [1.807, 2.05) is 6.92 Å². The molecule has 0 atom stereocenters. The van der Waals surface area contributed by atoms with Crippen molar-refractivity contribution in [3.8, 4) is 23.0 Å². The average molecular weight is 547 g/mol. The summed E-state index contributed by atoms with van der Waals surface area (Å²) in [5, 5.41) is 18.5. The van der Waals surface area contributed by atoms with Crippen LogP contribution in [0.15, 0.2) is 77.0 Å². The molecule has 40 heavy (non-hydrogen) atoms. The van der Waals surface area contributed by atoms with Gasteiger partial charge in [-0.1, -0.05) is 64.7 Å². The van der Waals surface area contributed by atoms with Crippen molar-refractivity contribution in [2.75, 3.05) is 13.2 Å². The zero-order chi connectivity index (χ0) is 28.4. The second-order valence-corrected chi connectivity index (χ2v) is 9.72. The van der Waals surface area contributed by atoms with Gasteiger partial charge in [0.1, 0.15) is 28.7 Å². The number of hydrogen-bond donors (Lipinski definition) is 1. The van der Waals surface area contributed by atoms with Gasteiger partial charge in [-0.2, -0.15) is 5.11 Å². The molecule has 0 aromatic heterocycles. The van der Waals surface area contributed by atoms with Crippen molar-refractivity contribution in [3.05, 3.63) is 72.3 Å². The van der Waals surface area contributed by atoms with Gasteiger partial charge in [0.15, 0.2) is 0 Å². The summed E-state index contributed by atoms with van der Waals surface area (Å²) in [4.78, 5) is 12.6. The lowest BCUT2D eigenvalue weighted by Gasteiger charge is -2.08. The zero-order valence-electron chi connectivity index (χ0n) is 23.8. The molecule has 0 aliphatic heterocycles. The second kappa shape index (κ2) is 17.7. The molecule has 0 heterocycles. The molecule has 7 heteroatoms. The van der Waals surface area contributed by atoms with Crippen molar-refractivity contribution in [3.63, 3.8) is 0 Å². The maximum Gasteiger partial charge on any atom is 0.343 e. The van der Waals surface area contributed by atoms with E-state index in [1.54, 1.807) is 60.7 Å². The third-order valence-electron chi connectivity index (χ3n) is 6.43. The van der Waals surface area contributed by atoms with Crippen LogP contribution in [0, 0.1) is 0 Å². The fourth-order valence-electron chi connectivity index (χ4n) is 4.17. The lowest BCUT2D eigenvalue weighted by atomic mass is 10.1. The fourth-order valence-corrected chi connectivity index (χ4v) is 4.17. The predicted octanol–water partition coefficient (Wildman–Crippen LogP) is 9.73. The molecule has 0 amide bonds. The lowest BCUT2D eigenvalue weighted by molar-refractivity contribution is 0.0734. The fraction of sp³-hybridized carbons (Fsp3) is 0.424. The number of azo groups is 1. The van der Waals surface area contributed by atoms with Gasteiger partial charge >= 0.3 is 5.97 Å². The van der Waals surface area contributed by atoms with Crippen LogP contribution in [0.25, 0.3) is 0 Å². The van der Waals surface area contributed by atoms with Crippen molar-refractivity contribution in [2.24, 2.45) is 10.2 Å². The number of phenolic OH excluding ortho intramolecular Hbond substituents is 1. The van der Waals surface area contributed by atoms with Crippen LogP contribution >= 0.6 is 0 Å². The van der Waals surface area contributed by atoms with Crippen molar-refractivity contribution in [2.45, 2.75) is 78.1 Å². The Morgan fingerprint density at radius 2 is 1.25 bits per heavy atom. The molecule has 3 rings (SSSR count). The molecule has 0 saturated heterocycles. The number of phenols is 1. The number of rotatable bonds is 18. The number of carbonyl (C=O) groups is 1. The van der Waals surface area contributed by atoms with Gasteiger partial charge in [-0.15, -0.1) is 5.11 Å². The first kappa shape index (κ1) is 30.7. The number of unbranched alkanes of at least 4 members (excludes halogenated alkanes) is 9. The minimum atomic E-state index is -0.524. The van der Waals surface area contributed by atoms with E-state index in [9.17, 15) is 9.90 Å². The summed E-state index contributed by atoms with van der Waals surface area (Å²) in [7, 11) is 0. The first-order chi connectivity index (χ1) is 19.6. The van der Waals surface area contributed by atoms with Gasteiger partial charge in [0.2, 0.25) is 0 Å². The highest BCUT2D eigenvalue weighted by Crippen LogP contribution is 2.32. The highest BCUT2D eigenvalue weighted by molar-refractivity contribution is 5.91. The zero-order valence-corrected chi connectivity index (χ0v) is 23.8. The van der Waals surface area contributed by atoms with Gasteiger partial charge < -0.3 is 19.3 Å². The van der Waals surface area contributed by atoms with Crippen LogP contribution in [0.1, 0.15) is 88.4 Å². The van der Waals surface area contributed by atoms with E-state index in [0.717, 1.165) is 17.9 Å². The van der Waals surface area contributed by atoms with E-state index in [0.29, 0.717) is 24.5 Å². The van der Waals surface area contributed by atoms with Gasteiger partial charge in [0.25, 0.3) is 0 Å². The van der Waals surface area contributed by atoms with E-state index < -0.39 is 5.97 Å². The van der Waals surface area contributed by atoms with Gasteiger partial charge in [0, 0.05) is 6.07 Å². The molecule has 0 bridgehead atoms. The summed E-state index contributed by atoms with van der Waals surface area (Å²) in [6.45, 7) is 5.43. The van der Waals surface area contributed by atoms with Crippen LogP contribution in [0.3, 0.4) is 0 Å². The summed E-state index contributed by atoms with van der Waals surface area (Å²) >= 11 is 0. The van der Waals surface area contributed by atoms with Crippen LogP contribution in [-0.2, 0) is 0 Å². The van der Waals surface area contributed by atoms with Crippen LogP contribution in [-0.4, -0.2) is 24.3 Å². The SMILES string of the molecule is CCCCCCCCCCCCOc1ccc(C(=O)Oc2ccc(N=Nc3ccc(OCC)cc3)c(O)c2)cc1. The molecule has 0 spiro atoms. The predicted molar refractivity (Wildman–Crippen MR) is 159 cm³/mol. The number of ether oxygens (including phenoxy) is 3. The van der Waals surface area contributed by atoms with Gasteiger partial charge in [-0.05, 0) is 74.0 Å². The Bertz CT molecular complexity index is 1180. The Hall–Kier alpha value is -3.87. The third kappa shape index (κ3) is 11.1. The van der Waals surface area contributed by atoms with Crippen LogP contribution in [0.4, 0.5) is 11.4 Å². The molecule has 1 N–H and O–H groups in total. The Morgan fingerprint density at radius 3 is 1.88 bits per heavy atom. The largest absolute Gasteiger partial charge is 0.505 e. The molecule has 3 aromatic carbocycles. The van der Waals surface area contributed by atoms with Crippen molar-refractivity contribution < 1.29 is 24.1 Å². The smallest absolute Gasteiger partial charge is 0.343 e. The summed E-state index contributed by atoms with van der Waals surface area (Å²) in [6.07, 6.45) is 12.9. The van der Waals surface area contributed by atoms with E-state index in [4.69, 9.17) is 14.2 Å². The molecule has 0 aliphatic rings. The maximum atomic E-state index is 12.6. The van der Waals surface area contributed by atoms with E-state index >= 15 is 0 Å². The Labute approximate surface area is 238 Å². The quantitative estimate of drug-likeness (QED) is 0.0742. The Morgan fingerprint density at radius 1 is 0.675 bits per heavy atom. The van der Waals surface area contributed by atoms with E-state index in [-0.39, 0.29) is 17.2 Å². The van der Waals surface area contributed by atoms with Gasteiger partial charge in [0.05, 0.1) is 24.5 Å². The Balaban J connectivity index is 1.38. The standard InChI is InChI=1S/C33H42N2O5/c1-3-5-6-7-8-9-10-11-12-13-24-39-29-18-14-26(15-19-29)33(37)40-30-22-23-31(32(36)25-30)35-34-27-16-20-28(21-17-27)38-4-2/h14-23,25,36H,3-13,24H2,1-2H3.